The first-order chi connectivity index (χ1) is 12.5. The monoisotopic (exact) mass is 377 g/mol. The number of nitrogens with one attached hydrogen (secondary N) is 2. The first-order valence-corrected chi connectivity index (χ1v) is 9.39. The van der Waals surface area contributed by atoms with Gasteiger partial charge in [-0.1, -0.05) is 6.07 Å². The van der Waals surface area contributed by atoms with Gasteiger partial charge in [0.25, 0.3) is 0 Å². The highest BCUT2D eigenvalue weighted by Crippen LogP contribution is 2.29. The van der Waals surface area contributed by atoms with E-state index < -0.39 is 0 Å². The molecule has 0 bridgehead atoms. The molecule has 1 fully saturated rings. The number of hydrogen-bond donors (Lipinski definition) is 2. The van der Waals surface area contributed by atoms with Gasteiger partial charge < -0.3 is 10.6 Å². The quantitative estimate of drug-likeness (QED) is 0.823. The number of likely N-dealkylation sites (tertiary alicyclic amines) is 1. The van der Waals surface area contributed by atoms with Crippen molar-refractivity contribution in [3.63, 3.8) is 0 Å². The molecule has 3 heterocycles. The largest absolute Gasteiger partial charge is 0.354 e. The van der Waals surface area contributed by atoms with Crippen molar-refractivity contribution in [3.05, 3.63) is 35.4 Å². The summed E-state index contributed by atoms with van der Waals surface area (Å²) in [4.78, 5) is 18.5. The molecule has 2 N–H and O–H groups in total. The maximum atomic E-state index is 5.73. The predicted molar refractivity (Wildman–Crippen MR) is 107 cm³/mol. The van der Waals surface area contributed by atoms with Crippen LogP contribution in [0.15, 0.2) is 24.5 Å². The summed E-state index contributed by atoms with van der Waals surface area (Å²) in [5.41, 5.74) is 1.36. The van der Waals surface area contributed by atoms with E-state index in [2.05, 4.69) is 48.6 Å². The molecule has 1 atom stereocenters. The Labute approximate surface area is 160 Å². The van der Waals surface area contributed by atoms with Gasteiger partial charge in [0.2, 0.25) is 17.2 Å². The average molecular weight is 378 g/mol. The third-order valence-corrected chi connectivity index (χ3v) is 4.12. The number of halogens is 1. The Balaban J connectivity index is 0.000000189. The maximum Gasteiger partial charge on any atom is 0.228 e. The van der Waals surface area contributed by atoms with Crippen molar-refractivity contribution >= 4 is 23.5 Å². The van der Waals surface area contributed by atoms with E-state index in [0.717, 1.165) is 6.54 Å². The second kappa shape index (κ2) is 10.2. The van der Waals surface area contributed by atoms with Gasteiger partial charge in [0.1, 0.15) is 0 Å². The van der Waals surface area contributed by atoms with Crippen LogP contribution in [-0.2, 0) is 0 Å². The molecule has 2 aromatic heterocycles. The van der Waals surface area contributed by atoms with Crippen molar-refractivity contribution in [1.82, 2.24) is 24.8 Å². The maximum absolute atomic E-state index is 5.73. The lowest BCUT2D eigenvalue weighted by Crippen LogP contribution is -2.17. The molecular formula is C18H28ClN7. The molecule has 0 amide bonds. The second-order valence-corrected chi connectivity index (χ2v) is 6.84. The van der Waals surface area contributed by atoms with Gasteiger partial charge in [0.15, 0.2) is 0 Å². The minimum absolute atomic E-state index is 0.194. The Morgan fingerprint density at radius 2 is 2.04 bits per heavy atom. The van der Waals surface area contributed by atoms with Gasteiger partial charge >= 0.3 is 0 Å². The smallest absolute Gasteiger partial charge is 0.228 e. The number of rotatable bonds is 5. The van der Waals surface area contributed by atoms with Crippen molar-refractivity contribution in [3.8, 4) is 0 Å². The predicted octanol–water partition coefficient (Wildman–Crippen LogP) is 3.63. The minimum Gasteiger partial charge on any atom is -0.354 e. The second-order valence-electron chi connectivity index (χ2n) is 6.51. The van der Waals surface area contributed by atoms with E-state index in [-0.39, 0.29) is 11.3 Å². The first-order valence-electron chi connectivity index (χ1n) is 9.01. The van der Waals surface area contributed by atoms with E-state index in [1.165, 1.54) is 24.9 Å². The van der Waals surface area contributed by atoms with Crippen LogP contribution in [0.5, 0.6) is 0 Å². The number of anilines is 2. The lowest BCUT2D eigenvalue weighted by molar-refractivity contribution is 0.317. The van der Waals surface area contributed by atoms with Gasteiger partial charge in [0, 0.05) is 31.0 Å². The number of pyridine rings is 1. The van der Waals surface area contributed by atoms with Crippen LogP contribution in [0.25, 0.3) is 0 Å². The molecule has 0 saturated carbocycles. The third kappa shape index (κ3) is 6.38. The molecule has 3 rings (SSSR count). The Bertz CT molecular complexity index is 666. The fourth-order valence-electron chi connectivity index (χ4n) is 2.81. The first kappa shape index (κ1) is 20.3. The molecule has 0 radical (unpaired) electrons. The zero-order valence-electron chi connectivity index (χ0n) is 15.9. The van der Waals surface area contributed by atoms with Crippen LogP contribution in [0.3, 0.4) is 0 Å². The fraction of sp³-hybridized carbons (Fsp3) is 0.556. The summed E-state index contributed by atoms with van der Waals surface area (Å²) in [7, 11) is 2.19. The lowest BCUT2D eigenvalue weighted by Gasteiger charge is -2.18. The van der Waals surface area contributed by atoms with Crippen LogP contribution in [0.2, 0.25) is 5.28 Å². The van der Waals surface area contributed by atoms with E-state index in [1.54, 1.807) is 0 Å². The van der Waals surface area contributed by atoms with Crippen LogP contribution < -0.4 is 10.6 Å². The van der Waals surface area contributed by atoms with Crippen LogP contribution in [0.4, 0.5) is 11.9 Å². The molecule has 0 spiro atoms. The van der Waals surface area contributed by atoms with Gasteiger partial charge in [-0.25, -0.2) is 0 Å². The van der Waals surface area contributed by atoms with Gasteiger partial charge in [-0.05, 0) is 70.4 Å². The standard InChI is InChI=1S/C10H14N2.C8H14ClN5/c1-12-7-3-5-10(12)9-4-2-6-11-8-9;1-4-10-7-12-6(9)13-8(14-7)11-5(2)3/h2,4,6,8,10H,3,5,7H2,1H3;5H,4H2,1-3H3,(H2,10,11,12,13,14). The topological polar surface area (TPSA) is 78.9 Å². The minimum atomic E-state index is 0.194. The molecule has 1 aliphatic heterocycles. The average Bonchev–Trinajstić information content (AvgIpc) is 3.01. The summed E-state index contributed by atoms with van der Waals surface area (Å²) in [6.45, 7) is 7.95. The Morgan fingerprint density at radius 1 is 1.27 bits per heavy atom. The molecule has 1 aliphatic rings. The Morgan fingerprint density at radius 3 is 2.62 bits per heavy atom. The van der Waals surface area contributed by atoms with E-state index in [9.17, 15) is 0 Å². The summed E-state index contributed by atoms with van der Waals surface area (Å²) in [5.74, 6) is 0.992. The molecule has 2 aromatic rings. The van der Waals surface area contributed by atoms with Crippen molar-refractivity contribution < 1.29 is 0 Å². The van der Waals surface area contributed by atoms with E-state index in [4.69, 9.17) is 11.6 Å². The summed E-state index contributed by atoms with van der Waals surface area (Å²) in [6, 6.07) is 5.06. The third-order valence-electron chi connectivity index (χ3n) is 3.95. The van der Waals surface area contributed by atoms with Gasteiger partial charge in [0.05, 0.1) is 0 Å². The van der Waals surface area contributed by atoms with Gasteiger partial charge in [-0.3, -0.25) is 9.88 Å². The molecule has 1 saturated heterocycles. The Kier molecular flexibility index (Phi) is 8.00. The van der Waals surface area contributed by atoms with Crippen molar-refractivity contribution in [1.29, 1.82) is 0 Å². The zero-order valence-corrected chi connectivity index (χ0v) is 16.7. The van der Waals surface area contributed by atoms with E-state index in [0.29, 0.717) is 17.9 Å². The molecule has 1 unspecified atom stereocenters. The normalized spacial score (nSPS) is 16.9. The Hall–Kier alpha value is -1.99. The van der Waals surface area contributed by atoms with Gasteiger partial charge in [-0.2, -0.15) is 15.0 Å². The number of nitrogens with zero attached hydrogens (tertiary/aromatic N) is 5. The van der Waals surface area contributed by atoms with E-state index >= 15 is 0 Å². The summed E-state index contributed by atoms with van der Waals surface area (Å²) >= 11 is 5.73. The molecule has 0 aliphatic carbocycles. The highest BCUT2D eigenvalue weighted by Gasteiger charge is 2.21. The van der Waals surface area contributed by atoms with Crippen molar-refractivity contribution in [2.45, 2.75) is 45.7 Å². The summed E-state index contributed by atoms with van der Waals surface area (Å²) in [5, 5.41) is 6.23. The lowest BCUT2D eigenvalue weighted by atomic mass is 10.1. The van der Waals surface area contributed by atoms with Crippen LogP contribution in [0.1, 0.15) is 45.2 Å². The SMILES string of the molecule is CCNc1nc(Cl)nc(NC(C)C)n1.CN1CCCC1c1cccnc1. The van der Waals surface area contributed by atoms with Crippen LogP contribution in [-0.4, -0.2) is 51.0 Å². The molecule has 0 aromatic carbocycles. The molecule has 8 heteroatoms. The molecule has 26 heavy (non-hydrogen) atoms. The van der Waals surface area contributed by atoms with Gasteiger partial charge in [-0.15, -0.1) is 0 Å². The van der Waals surface area contributed by atoms with Crippen LogP contribution in [0, 0.1) is 0 Å². The summed E-state index contributed by atoms with van der Waals surface area (Å²) < 4.78 is 0. The fourth-order valence-corrected chi connectivity index (χ4v) is 2.97. The molecule has 7 nitrogen and oxygen atoms in total. The molecule has 142 valence electrons. The number of aromatic nitrogens is 4. The summed E-state index contributed by atoms with van der Waals surface area (Å²) in [6.07, 6.45) is 6.41. The number of hydrogen-bond acceptors (Lipinski definition) is 7. The van der Waals surface area contributed by atoms with Crippen molar-refractivity contribution in [2.75, 3.05) is 30.8 Å². The zero-order chi connectivity index (χ0) is 18.9. The van der Waals surface area contributed by atoms with E-state index in [1.807, 2.05) is 39.2 Å². The van der Waals surface area contributed by atoms with Crippen LogP contribution >= 0.6 is 11.6 Å². The van der Waals surface area contributed by atoms with Crippen molar-refractivity contribution in [2.24, 2.45) is 0 Å². The highest BCUT2D eigenvalue weighted by molar-refractivity contribution is 6.28. The highest BCUT2D eigenvalue weighted by atomic mass is 35.5. The molecular weight excluding hydrogens is 350 g/mol.